The Kier molecular flexibility index (Phi) is 7.40. The van der Waals surface area contributed by atoms with Crippen LogP contribution >= 0.6 is 11.6 Å². The van der Waals surface area contributed by atoms with Gasteiger partial charge in [-0.1, -0.05) is 24.1 Å². The normalized spacial score (nSPS) is 22.3. The Morgan fingerprint density at radius 2 is 1.61 bits per heavy atom. The van der Waals surface area contributed by atoms with Gasteiger partial charge in [0.1, 0.15) is 17.1 Å². The molecule has 0 radical (unpaired) electrons. The van der Waals surface area contributed by atoms with Crippen molar-refractivity contribution in [2.45, 2.75) is 50.2 Å². The van der Waals surface area contributed by atoms with E-state index in [-0.39, 0.29) is 29.9 Å². The number of hydrogen-bond acceptors (Lipinski definition) is 5. The van der Waals surface area contributed by atoms with Crippen molar-refractivity contribution in [2.24, 2.45) is 0 Å². The molecule has 2 aliphatic rings. The maximum Gasteiger partial charge on any atom is 0.259 e. The van der Waals surface area contributed by atoms with Gasteiger partial charge in [0.15, 0.2) is 0 Å². The Morgan fingerprint density at radius 1 is 1.00 bits per heavy atom. The average Bonchev–Trinajstić information content (AvgIpc) is 2.80. The first-order chi connectivity index (χ1) is 16.0. The van der Waals surface area contributed by atoms with E-state index < -0.39 is 0 Å². The lowest BCUT2D eigenvalue weighted by Gasteiger charge is -2.48. The zero-order chi connectivity index (χ0) is 23.4. The van der Waals surface area contributed by atoms with E-state index in [2.05, 4.69) is 15.5 Å². The third kappa shape index (κ3) is 5.42. The molecular weight excluding hydrogens is 442 g/mol. The zero-order valence-electron chi connectivity index (χ0n) is 19.0. The number of amides is 2. The number of nitrogens with one attached hydrogen (secondary N) is 2. The van der Waals surface area contributed by atoms with Gasteiger partial charge in [0.2, 0.25) is 5.91 Å². The summed E-state index contributed by atoms with van der Waals surface area (Å²) in [6.07, 6.45) is 4.82. The number of carbonyl (C=O) groups is 2. The molecule has 2 amide bonds. The second-order valence-electron chi connectivity index (χ2n) is 8.65. The van der Waals surface area contributed by atoms with Gasteiger partial charge in [-0.15, -0.1) is 0 Å². The van der Waals surface area contributed by atoms with Gasteiger partial charge < -0.3 is 20.1 Å². The number of hydrogen-bond donors (Lipinski definition) is 2. The Hall–Kier alpha value is -2.77. The van der Waals surface area contributed by atoms with E-state index >= 15 is 0 Å². The number of carbonyl (C=O) groups excluding carboxylic acids is 2. The number of fused-ring (bicyclic) bond motifs is 2. The van der Waals surface area contributed by atoms with Gasteiger partial charge in [-0.2, -0.15) is 0 Å². The van der Waals surface area contributed by atoms with Gasteiger partial charge in [0.25, 0.3) is 5.91 Å². The van der Waals surface area contributed by atoms with Crippen LogP contribution in [0.5, 0.6) is 11.5 Å². The fourth-order valence-corrected chi connectivity index (χ4v) is 5.21. The molecule has 0 spiro atoms. The SMILES string of the molecule is COc1cccc(OC)c1C(=O)NC1CC2CCCC(C1)N2CC(=O)Nc1ccc(Cl)cc1. The van der Waals surface area contributed by atoms with Crippen molar-refractivity contribution in [3.63, 3.8) is 0 Å². The molecule has 2 aromatic carbocycles. The molecule has 8 heteroatoms. The van der Waals surface area contributed by atoms with Crippen LogP contribution in [-0.4, -0.2) is 55.6 Å². The van der Waals surface area contributed by atoms with Gasteiger partial charge in [0.05, 0.1) is 20.8 Å². The van der Waals surface area contributed by atoms with Crippen LogP contribution in [0.1, 0.15) is 42.5 Å². The number of methoxy groups -OCH3 is 2. The highest BCUT2D eigenvalue weighted by atomic mass is 35.5. The van der Waals surface area contributed by atoms with Gasteiger partial charge in [-0.25, -0.2) is 0 Å². The van der Waals surface area contributed by atoms with Crippen LogP contribution in [0.3, 0.4) is 0 Å². The Morgan fingerprint density at radius 3 is 2.18 bits per heavy atom. The smallest absolute Gasteiger partial charge is 0.259 e. The van der Waals surface area contributed by atoms with E-state index in [0.717, 1.165) is 37.8 Å². The van der Waals surface area contributed by atoms with Gasteiger partial charge in [0, 0.05) is 28.8 Å². The van der Waals surface area contributed by atoms with Crippen molar-refractivity contribution < 1.29 is 19.1 Å². The van der Waals surface area contributed by atoms with Crippen molar-refractivity contribution in [1.82, 2.24) is 10.2 Å². The van der Waals surface area contributed by atoms with E-state index in [4.69, 9.17) is 21.1 Å². The van der Waals surface area contributed by atoms with Gasteiger partial charge >= 0.3 is 0 Å². The van der Waals surface area contributed by atoms with E-state index in [9.17, 15) is 9.59 Å². The number of benzene rings is 2. The minimum absolute atomic E-state index is 0.0320. The summed E-state index contributed by atoms with van der Waals surface area (Å²) >= 11 is 5.93. The lowest BCUT2D eigenvalue weighted by atomic mass is 9.81. The molecule has 0 saturated carbocycles. The Labute approximate surface area is 199 Å². The molecule has 0 aromatic heterocycles. The zero-order valence-corrected chi connectivity index (χ0v) is 19.7. The molecular formula is C25H30ClN3O4. The summed E-state index contributed by atoms with van der Waals surface area (Å²) in [5.41, 5.74) is 1.15. The molecule has 2 bridgehead atoms. The lowest BCUT2D eigenvalue weighted by Crippen LogP contribution is -2.58. The standard InChI is InChI=1S/C25H30ClN3O4/c1-32-21-7-4-8-22(33-2)24(21)25(31)28-18-13-19-5-3-6-20(14-18)29(19)15-23(30)27-17-11-9-16(26)10-12-17/h4,7-12,18-20H,3,5-6,13-15H2,1-2H3,(H,27,30)(H,28,31). The van der Waals surface area contributed by atoms with Crippen LogP contribution < -0.4 is 20.1 Å². The number of nitrogens with zero attached hydrogens (tertiary/aromatic N) is 1. The molecule has 7 nitrogen and oxygen atoms in total. The van der Waals surface area contributed by atoms with E-state index in [0.29, 0.717) is 28.6 Å². The maximum atomic E-state index is 13.1. The van der Waals surface area contributed by atoms with E-state index in [1.54, 1.807) is 56.7 Å². The highest BCUT2D eigenvalue weighted by molar-refractivity contribution is 6.30. The first-order valence-corrected chi connectivity index (χ1v) is 11.7. The second kappa shape index (κ2) is 10.4. The van der Waals surface area contributed by atoms with Crippen LogP contribution in [0.25, 0.3) is 0 Å². The van der Waals surface area contributed by atoms with Crippen molar-refractivity contribution in [1.29, 1.82) is 0 Å². The van der Waals surface area contributed by atoms with Crippen molar-refractivity contribution >= 4 is 29.1 Å². The quantitative estimate of drug-likeness (QED) is 0.635. The van der Waals surface area contributed by atoms with Gasteiger partial charge in [-0.3, -0.25) is 14.5 Å². The highest BCUT2D eigenvalue weighted by Gasteiger charge is 2.39. The topological polar surface area (TPSA) is 79.9 Å². The van der Waals surface area contributed by atoms with Crippen molar-refractivity contribution in [3.05, 3.63) is 53.1 Å². The Balaban J connectivity index is 1.40. The van der Waals surface area contributed by atoms with E-state index in [1.165, 1.54) is 0 Å². The van der Waals surface area contributed by atoms with Crippen LogP contribution in [0.2, 0.25) is 5.02 Å². The van der Waals surface area contributed by atoms with E-state index in [1.807, 2.05) is 0 Å². The van der Waals surface area contributed by atoms with Crippen LogP contribution in [0, 0.1) is 0 Å². The number of rotatable bonds is 7. The largest absolute Gasteiger partial charge is 0.496 e. The molecule has 2 atom stereocenters. The molecule has 2 aliphatic heterocycles. The van der Waals surface area contributed by atoms with Crippen molar-refractivity contribution in [3.8, 4) is 11.5 Å². The predicted octanol–water partition coefficient (Wildman–Crippen LogP) is 4.11. The lowest BCUT2D eigenvalue weighted by molar-refractivity contribution is -0.120. The molecule has 33 heavy (non-hydrogen) atoms. The van der Waals surface area contributed by atoms with Crippen LogP contribution in [0.15, 0.2) is 42.5 Å². The summed E-state index contributed by atoms with van der Waals surface area (Å²) in [5.74, 6) is 0.753. The minimum Gasteiger partial charge on any atom is -0.496 e. The first kappa shape index (κ1) is 23.4. The predicted molar refractivity (Wildman–Crippen MR) is 128 cm³/mol. The minimum atomic E-state index is -0.193. The molecule has 4 rings (SSSR count). The molecule has 2 heterocycles. The summed E-state index contributed by atoms with van der Waals surface area (Å²) in [7, 11) is 3.09. The van der Waals surface area contributed by atoms with Gasteiger partial charge in [-0.05, 0) is 62.1 Å². The van der Waals surface area contributed by atoms with Crippen molar-refractivity contribution in [2.75, 3.05) is 26.1 Å². The second-order valence-corrected chi connectivity index (χ2v) is 9.08. The number of halogens is 1. The summed E-state index contributed by atoms with van der Waals surface area (Å²) < 4.78 is 10.8. The molecule has 2 fully saturated rings. The molecule has 2 unspecified atom stereocenters. The summed E-state index contributed by atoms with van der Waals surface area (Å²) in [6, 6.07) is 13.0. The molecule has 0 aliphatic carbocycles. The average molecular weight is 472 g/mol. The molecule has 176 valence electrons. The fraction of sp³-hybridized carbons (Fsp3) is 0.440. The highest BCUT2D eigenvalue weighted by Crippen LogP contribution is 2.35. The maximum absolute atomic E-state index is 13.1. The summed E-state index contributed by atoms with van der Waals surface area (Å²) in [6.45, 7) is 0.346. The number of piperidine rings is 2. The monoisotopic (exact) mass is 471 g/mol. The third-order valence-electron chi connectivity index (χ3n) is 6.57. The van der Waals surface area contributed by atoms with Crippen LogP contribution in [0.4, 0.5) is 5.69 Å². The fourth-order valence-electron chi connectivity index (χ4n) is 5.09. The first-order valence-electron chi connectivity index (χ1n) is 11.3. The summed E-state index contributed by atoms with van der Waals surface area (Å²) in [4.78, 5) is 28.1. The molecule has 2 aromatic rings. The number of ether oxygens (including phenoxy) is 2. The van der Waals surface area contributed by atoms with Crippen LogP contribution in [-0.2, 0) is 4.79 Å². The third-order valence-corrected chi connectivity index (χ3v) is 6.82. The number of anilines is 1. The summed E-state index contributed by atoms with van der Waals surface area (Å²) in [5, 5.41) is 6.79. The Bertz CT molecular complexity index is 961. The molecule has 2 saturated heterocycles. The molecule has 2 N–H and O–H groups in total.